The molecule has 0 aromatic heterocycles. The fourth-order valence-electron chi connectivity index (χ4n) is 3.46. The Labute approximate surface area is 157 Å². The molecular formula is C20H33FN3S+. The van der Waals surface area contributed by atoms with Gasteiger partial charge in [-0.1, -0.05) is 26.0 Å². The van der Waals surface area contributed by atoms with Crippen molar-refractivity contribution in [2.75, 3.05) is 25.0 Å². The van der Waals surface area contributed by atoms with E-state index >= 15 is 0 Å². The Morgan fingerprint density at radius 1 is 1.24 bits per heavy atom. The Hall–Kier alpha value is -1.20. The molecule has 0 saturated carbocycles. The number of nitrogens with zero attached hydrogens (tertiary/aromatic N) is 1. The van der Waals surface area contributed by atoms with Crippen molar-refractivity contribution in [2.45, 2.75) is 59.0 Å². The fraction of sp³-hybridized carbons (Fsp3) is 0.650. The molecule has 0 radical (unpaired) electrons. The minimum absolute atomic E-state index is 0.257. The SMILES string of the molecule is CC(C)CCN(C(=S)Nc1ccccc1F)C1CC[NH+](C(C)C)CC1. The van der Waals surface area contributed by atoms with Crippen LogP contribution in [0, 0.1) is 11.7 Å². The smallest absolute Gasteiger partial charge is 0.173 e. The molecule has 1 aromatic carbocycles. The normalized spacial score (nSPS) is 20.8. The van der Waals surface area contributed by atoms with E-state index in [1.165, 1.54) is 19.2 Å². The molecule has 0 bridgehead atoms. The summed E-state index contributed by atoms with van der Waals surface area (Å²) in [5.74, 6) is 0.368. The lowest BCUT2D eigenvalue weighted by Gasteiger charge is -2.39. The molecule has 1 aliphatic rings. The minimum Gasteiger partial charge on any atom is -0.346 e. The van der Waals surface area contributed by atoms with Gasteiger partial charge < -0.3 is 15.1 Å². The monoisotopic (exact) mass is 366 g/mol. The van der Waals surface area contributed by atoms with Gasteiger partial charge in [0.2, 0.25) is 0 Å². The lowest BCUT2D eigenvalue weighted by Crippen LogP contribution is -3.16. The number of nitrogens with one attached hydrogen (secondary N) is 2. The number of thiocarbonyl (C=S) groups is 1. The van der Waals surface area contributed by atoms with E-state index in [1.807, 2.05) is 6.07 Å². The molecular weight excluding hydrogens is 333 g/mol. The average Bonchev–Trinajstić information content (AvgIpc) is 2.57. The number of hydrogen-bond donors (Lipinski definition) is 2. The maximum absolute atomic E-state index is 14.0. The molecule has 0 aliphatic carbocycles. The fourth-order valence-corrected chi connectivity index (χ4v) is 3.81. The molecule has 0 atom stereocenters. The molecule has 25 heavy (non-hydrogen) atoms. The van der Waals surface area contributed by atoms with Crippen LogP contribution in [-0.4, -0.2) is 41.7 Å². The van der Waals surface area contributed by atoms with Gasteiger partial charge in [0.15, 0.2) is 5.11 Å². The van der Waals surface area contributed by atoms with E-state index in [0.29, 0.717) is 28.8 Å². The van der Waals surface area contributed by atoms with Crippen molar-refractivity contribution in [1.29, 1.82) is 0 Å². The summed E-state index contributed by atoms with van der Waals surface area (Å²) >= 11 is 5.67. The number of halogens is 1. The van der Waals surface area contributed by atoms with E-state index in [4.69, 9.17) is 12.2 Å². The van der Waals surface area contributed by atoms with Crippen LogP contribution in [0.4, 0.5) is 10.1 Å². The molecule has 2 N–H and O–H groups in total. The number of rotatable bonds is 6. The van der Waals surface area contributed by atoms with E-state index in [1.54, 1.807) is 17.0 Å². The molecule has 140 valence electrons. The number of likely N-dealkylation sites (tertiary alicyclic amines) is 1. The summed E-state index contributed by atoms with van der Waals surface area (Å²) in [6, 6.07) is 7.87. The van der Waals surface area contributed by atoms with Gasteiger partial charge in [0.25, 0.3) is 0 Å². The van der Waals surface area contributed by atoms with Crippen molar-refractivity contribution in [1.82, 2.24) is 4.90 Å². The zero-order valence-corrected chi connectivity index (χ0v) is 16.8. The first-order chi connectivity index (χ1) is 11.9. The lowest BCUT2D eigenvalue weighted by molar-refractivity contribution is -0.926. The predicted molar refractivity (Wildman–Crippen MR) is 108 cm³/mol. The van der Waals surface area contributed by atoms with Crippen LogP contribution in [0.2, 0.25) is 0 Å². The van der Waals surface area contributed by atoms with Gasteiger partial charge in [0.05, 0.1) is 24.8 Å². The highest BCUT2D eigenvalue weighted by molar-refractivity contribution is 7.80. The first kappa shape index (κ1) is 20.1. The topological polar surface area (TPSA) is 19.7 Å². The summed E-state index contributed by atoms with van der Waals surface area (Å²) in [4.78, 5) is 3.98. The van der Waals surface area contributed by atoms with Crippen molar-refractivity contribution in [2.24, 2.45) is 5.92 Å². The second kappa shape index (κ2) is 9.48. The third-order valence-corrected chi connectivity index (χ3v) is 5.51. The number of para-hydroxylation sites is 1. The van der Waals surface area contributed by atoms with E-state index in [2.05, 4.69) is 37.9 Å². The van der Waals surface area contributed by atoms with Crippen LogP contribution in [0.5, 0.6) is 0 Å². The van der Waals surface area contributed by atoms with Crippen LogP contribution < -0.4 is 10.2 Å². The van der Waals surface area contributed by atoms with Gasteiger partial charge in [-0.15, -0.1) is 0 Å². The largest absolute Gasteiger partial charge is 0.346 e. The molecule has 2 rings (SSSR count). The summed E-state index contributed by atoms with van der Waals surface area (Å²) in [6.45, 7) is 12.3. The lowest BCUT2D eigenvalue weighted by atomic mass is 10.0. The highest BCUT2D eigenvalue weighted by Gasteiger charge is 2.29. The molecule has 1 aliphatic heterocycles. The summed E-state index contributed by atoms with van der Waals surface area (Å²) in [5, 5.41) is 3.80. The maximum atomic E-state index is 14.0. The third-order valence-electron chi connectivity index (χ3n) is 5.18. The zero-order valence-electron chi connectivity index (χ0n) is 16.0. The molecule has 3 nitrogen and oxygen atoms in total. The summed E-state index contributed by atoms with van der Waals surface area (Å²) < 4.78 is 14.0. The summed E-state index contributed by atoms with van der Waals surface area (Å²) in [5.41, 5.74) is 0.465. The minimum atomic E-state index is -0.257. The molecule has 1 aromatic rings. The van der Waals surface area contributed by atoms with E-state index in [9.17, 15) is 4.39 Å². The van der Waals surface area contributed by atoms with Crippen LogP contribution in [0.15, 0.2) is 24.3 Å². The molecule has 1 saturated heterocycles. The maximum Gasteiger partial charge on any atom is 0.173 e. The molecule has 0 spiro atoms. The second-order valence-corrected chi connectivity index (χ2v) is 8.22. The Kier molecular flexibility index (Phi) is 7.63. The van der Waals surface area contributed by atoms with Crippen LogP contribution in [0.3, 0.4) is 0 Å². The molecule has 0 amide bonds. The summed E-state index contributed by atoms with van der Waals surface area (Å²) in [7, 11) is 0. The summed E-state index contributed by atoms with van der Waals surface area (Å²) in [6.07, 6.45) is 3.38. The van der Waals surface area contributed by atoms with Gasteiger partial charge in [-0.3, -0.25) is 0 Å². The average molecular weight is 367 g/mol. The van der Waals surface area contributed by atoms with Gasteiger partial charge in [-0.2, -0.15) is 0 Å². The Balaban J connectivity index is 2.04. The van der Waals surface area contributed by atoms with Gasteiger partial charge in [0.1, 0.15) is 5.82 Å². The number of piperidine rings is 1. The zero-order chi connectivity index (χ0) is 18.4. The number of anilines is 1. The Bertz CT molecular complexity index is 554. The van der Waals surface area contributed by atoms with Crippen LogP contribution in [0.25, 0.3) is 0 Å². The van der Waals surface area contributed by atoms with Gasteiger partial charge in [0, 0.05) is 25.4 Å². The van der Waals surface area contributed by atoms with Crippen molar-refractivity contribution in [3.63, 3.8) is 0 Å². The van der Waals surface area contributed by atoms with Crippen molar-refractivity contribution in [3.8, 4) is 0 Å². The van der Waals surface area contributed by atoms with E-state index < -0.39 is 0 Å². The highest BCUT2D eigenvalue weighted by Crippen LogP contribution is 2.18. The molecule has 0 unspecified atom stereocenters. The Morgan fingerprint density at radius 2 is 1.88 bits per heavy atom. The van der Waals surface area contributed by atoms with Crippen molar-refractivity contribution >= 4 is 23.0 Å². The number of quaternary nitrogens is 1. The second-order valence-electron chi connectivity index (χ2n) is 7.83. The molecule has 1 heterocycles. The van der Waals surface area contributed by atoms with Crippen LogP contribution in [-0.2, 0) is 0 Å². The van der Waals surface area contributed by atoms with Gasteiger partial charge in [-0.25, -0.2) is 4.39 Å². The van der Waals surface area contributed by atoms with Crippen molar-refractivity contribution in [3.05, 3.63) is 30.1 Å². The van der Waals surface area contributed by atoms with Gasteiger partial charge >= 0.3 is 0 Å². The van der Waals surface area contributed by atoms with E-state index in [-0.39, 0.29) is 5.82 Å². The third kappa shape index (κ3) is 5.93. The predicted octanol–water partition coefficient (Wildman–Crippen LogP) is 3.33. The number of hydrogen-bond acceptors (Lipinski definition) is 1. The van der Waals surface area contributed by atoms with E-state index in [0.717, 1.165) is 25.8 Å². The first-order valence-corrected chi connectivity index (χ1v) is 9.96. The molecule has 1 fully saturated rings. The van der Waals surface area contributed by atoms with Gasteiger partial charge in [-0.05, 0) is 50.5 Å². The van der Waals surface area contributed by atoms with Crippen molar-refractivity contribution < 1.29 is 9.29 Å². The Morgan fingerprint density at radius 3 is 2.44 bits per heavy atom. The first-order valence-electron chi connectivity index (χ1n) is 9.55. The van der Waals surface area contributed by atoms with Crippen LogP contribution >= 0.6 is 12.2 Å². The molecule has 5 heteroatoms. The highest BCUT2D eigenvalue weighted by atomic mass is 32.1. The number of benzene rings is 1. The standard InChI is InChI=1S/C20H32FN3S/c1-15(2)9-14-24(17-10-12-23(13-11-17)16(3)4)20(25)22-19-8-6-5-7-18(19)21/h5-8,15-17H,9-14H2,1-4H3,(H,22,25)/p+1. The quantitative estimate of drug-likeness (QED) is 0.754. The van der Waals surface area contributed by atoms with Crippen LogP contribution in [0.1, 0.15) is 47.0 Å².